The highest BCUT2D eigenvalue weighted by Crippen LogP contribution is 2.26. The summed E-state index contributed by atoms with van der Waals surface area (Å²) in [6.07, 6.45) is 6.12. The van der Waals surface area contributed by atoms with E-state index < -0.39 is 0 Å². The Hall–Kier alpha value is -1.29. The van der Waals surface area contributed by atoms with Crippen molar-refractivity contribution in [1.29, 1.82) is 0 Å². The van der Waals surface area contributed by atoms with Crippen molar-refractivity contribution in [2.24, 2.45) is 0 Å². The molecule has 2 fully saturated rings. The molecule has 0 bridgehead atoms. The highest BCUT2D eigenvalue weighted by molar-refractivity contribution is 5.56. The van der Waals surface area contributed by atoms with Gasteiger partial charge in [-0.2, -0.15) is 0 Å². The molecule has 2 heterocycles. The van der Waals surface area contributed by atoms with Crippen LogP contribution >= 0.6 is 0 Å². The van der Waals surface area contributed by atoms with E-state index in [-0.39, 0.29) is 5.82 Å². The van der Waals surface area contributed by atoms with Gasteiger partial charge in [-0.15, -0.1) is 0 Å². The SMILES string of the molecule is Fc1cc(NCC2CCCCN2)ccc1N1CCCC1. The second-order valence-corrected chi connectivity index (χ2v) is 5.89. The topological polar surface area (TPSA) is 27.3 Å². The van der Waals surface area contributed by atoms with Crippen LogP contribution in [0.15, 0.2) is 18.2 Å². The van der Waals surface area contributed by atoms with Gasteiger partial charge in [-0.3, -0.25) is 0 Å². The Morgan fingerprint density at radius 1 is 1.20 bits per heavy atom. The first kappa shape index (κ1) is 13.7. The lowest BCUT2D eigenvalue weighted by Crippen LogP contribution is -2.39. The van der Waals surface area contributed by atoms with Crippen molar-refractivity contribution in [3.8, 4) is 0 Å². The molecular formula is C16H24FN3. The van der Waals surface area contributed by atoms with E-state index in [0.717, 1.165) is 37.6 Å². The Balaban J connectivity index is 1.58. The highest BCUT2D eigenvalue weighted by atomic mass is 19.1. The van der Waals surface area contributed by atoms with E-state index in [9.17, 15) is 4.39 Å². The van der Waals surface area contributed by atoms with Crippen LogP contribution in [0.4, 0.5) is 15.8 Å². The van der Waals surface area contributed by atoms with Crippen molar-refractivity contribution in [3.63, 3.8) is 0 Å². The third-order valence-corrected chi connectivity index (χ3v) is 4.36. The van der Waals surface area contributed by atoms with E-state index in [1.807, 2.05) is 12.1 Å². The van der Waals surface area contributed by atoms with E-state index in [4.69, 9.17) is 0 Å². The number of halogens is 1. The van der Waals surface area contributed by atoms with E-state index in [1.165, 1.54) is 32.1 Å². The van der Waals surface area contributed by atoms with Crippen LogP contribution in [0.5, 0.6) is 0 Å². The van der Waals surface area contributed by atoms with Gasteiger partial charge in [0.25, 0.3) is 0 Å². The van der Waals surface area contributed by atoms with Crippen LogP contribution in [0.25, 0.3) is 0 Å². The molecule has 110 valence electrons. The molecule has 1 atom stereocenters. The molecule has 2 aliphatic rings. The molecule has 0 radical (unpaired) electrons. The van der Waals surface area contributed by atoms with E-state index >= 15 is 0 Å². The molecule has 3 rings (SSSR count). The van der Waals surface area contributed by atoms with Crippen LogP contribution in [-0.2, 0) is 0 Å². The van der Waals surface area contributed by atoms with Crippen molar-refractivity contribution in [3.05, 3.63) is 24.0 Å². The van der Waals surface area contributed by atoms with Crippen LogP contribution in [0.3, 0.4) is 0 Å². The zero-order valence-electron chi connectivity index (χ0n) is 12.0. The quantitative estimate of drug-likeness (QED) is 0.886. The molecule has 0 spiro atoms. The van der Waals surface area contributed by atoms with Gasteiger partial charge in [0.15, 0.2) is 0 Å². The smallest absolute Gasteiger partial charge is 0.148 e. The zero-order valence-corrected chi connectivity index (χ0v) is 12.0. The lowest BCUT2D eigenvalue weighted by atomic mass is 10.1. The molecule has 1 aromatic carbocycles. The maximum Gasteiger partial charge on any atom is 0.148 e. The Kier molecular flexibility index (Phi) is 4.41. The molecule has 0 amide bonds. The van der Waals surface area contributed by atoms with E-state index in [1.54, 1.807) is 6.07 Å². The fourth-order valence-corrected chi connectivity index (χ4v) is 3.17. The van der Waals surface area contributed by atoms with Crippen LogP contribution in [0, 0.1) is 5.82 Å². The predicted molar refractivity (Wildman–Crippen MR) is 82.0 cm³/mol. The summed E-state index contributed by atoms with van der Waals surface area (Å²) in [6.45, 7) is 3.95. The maximum atomic E-state index is 14.2. The summed E-state index contributed by atoms with van der Waals surface area (Å²) in [6, 6.07) is 6.07. The van der Waals surface area contributed by atoms with Gasteiger partial charge in [-0.25, -0.2) is 4.39 Å². The van der Waals surface area contributed by atoms with Crippen molar-refractivity contribution in [2.75, 3.05) is 36.4 Å². The summed E-state index contributed by atoms with van der Waals surface area (Å²) >= 11 is 0. The second kappa shape index (κ2) is 6.44. The van der Waals surface area contributed by atoms with Gasteiger partial charge >= 0.3 is 0 Å². The van der Waals surface area contributed by atoms with Crippen molar-refractivity contribution >= 4 is 11.4 Å². The van der Waals surface area contributed by atoms with Crippen LogP contribution in [0.1, 0.15) is 32.1 Å². The molecule has 1 unspecified atom stereocenters. The summed E-state index contributed by atoms with van der Waals surface area (Å²) in [5, 5.41) is 6.85. The van der Waals surface area contributed by atoms with Gasteiger partial charge < -0.3 is 15.5 Å². The minimum atomic E-state index is -0.103. The number of nitrogens with one attached hydrogen (secondary N) is 2. The molecule has 2 saturated heterocycles. The molecule has 1 aromatic rings. The summed E-state index contributed by atoms with van der Waals surface area (Å²) in [5.74, 6) is -0.103. The summed E-state index contributed by atoms with van der Waals surface area (Å²) in [7, 11) is 0. The summed E-state index contributed by atoms with van der Waals surface area (Å²) in [5.41, 5.74) is 1.64. The number of rotatable bonds is 4. The van der Waals surface area contributed by atoms with Gasteiger partial charge in [-0.1, -0.05) is 6.42 Å². The normalized spacial score (nSPS) is 23.1. The fourth-order valence-electron chi connectivity index (χ4n) is 3.17. The zero-order chi connectivity index (χ0) is 13.8. The van der Waals surface area contributed by atoms with Gasteiger partial charge in [0.1, 0.15) is 5.82 Å². The molecule has 0 aromatic heterocycles. The minimum Gasteiger partial charge on any atom is -0.383 e. The second-order valence-electron chi connectivity index (χ2n) is 5.89. The average Bonchev–Trinajstić information content (AvgIpc) is 3.00. The molecule has 4 heteroatoms. The first-order chi connectivity index (χ1) is 9.83. The molecule has 0 saturated carbocycles. The number of anilines is 2. The first-order valence-electron chi connectivity index (χ1n) is 7.85. The Labute approximate surface area is 120 Å². The Morgan fingerprint density at radius 2 is 2.05 bits per heavy atom. The fraction of sp³-hybridized carbons (Fsp3) is 0.625. The number of piperidine rings is 1. The average molecular weight is 277 g/mol. The number of hydrogen-bond donors (Lipinski definition) is 2. The van der Waals surface area contributed by atoms with Gasteiger partial charge in [0, 0.05) is 31.4 Å². The minimum absolute atomic E-state index is 0.103. The Bertz CT molecular complexity index is 437. The largest absolute Gasteiger partial charge is 0.383 e. The van der Waals surface area contributed by atoms with Gasteiger partial charge in [-0.05, 0) is 50.4 Å². The maximum absolute atomic E-state index is 14.2. The molecule has 2 aliphatic heterocycles. The molecule has 2 N–H and O–H groups in total. The number of benzene rings is 1. The third-order valence-electron chi connectivity index (χ3n) is 4.36. The van der Waals surface area contributed by atoms with Crippen molar-refractivity contribution in [2.45, 2.75) is 38.1 Å². The standard InChI is InChI=1S/C16H24FN3/c17-15-11-13(19-12-14-5-1-2-8-18-14)6-7-16(15)20-9-3-4-10-20/h6-7,11,14,18-19H,1-5,8-10,12H2. The van der Waals surface area contributed by atoms with E-state index in [2.05, 4.69) is 15.5 Å². The monoisotopic (exact) mass is 277 g/mol. The summed E-state index contributed by atoms with van der Waals surface area (Å²) in [4.78, 5) is 2.14. The predicted octanol–water partition coefficient (Wildman–Crippen LogP) is 2.98. The molecular weight excluding hydrogens is 253 g/mol. The lowest BCUT2D eigenvalue weighted by molar-refractivity contribution is 0.414. The Morgan fingerprint density at radius 3 is 2.75 bits per heavy atom. The number of nitrogens with zero attached hydrogens (tertiary/aromatic N) is 1. The lowest BCUT2D eigenvalue weighted by Gasteiger charge is -2.24. The summed E-state index contributed by atoms with van der Waals surface area (Å²) < 4.78 is 14.2. The third kappa shape index (κ3) is 3.23. The van der Waals surface area contributed by atoms with Crippen LogP contribution in [-0.4, -0.2) is 32.2 Å². The van der Waals surface area contributed by atoms with E-state index in [0.29, 0.717) is 6.04 Å². The first-order valence-corrected chi connectivity index (χ1v) is 7.85. The molecule has 3 nitrogen and oxygen atoms in total. The van der Waals surface area contributed by atoms with Gasteiger partial charge in [0.2, 0.25) is 0 Å². The van der Waals surface area contributed by atoms with Crippen molar-refractivity contribution < 1.29 is 4.39 Å². The molecule has 20 heavy (non-hydrogen) atoms. The highest BCUT2D eigenvalue weighted by Gasteiger charge is 2.16. The van der Waals surface area contributed by atoms with Crippen LogP contribution < -0.4 is 15.5 Å². The van der Waals surface area contributed by atoms with Gasteiger partial charge in [0.05, 0.1) is 5.69 Å². The van der Waals surface area contributed by atoms with Crippen molar-refractivity contribution in [1.82, 2.24) is 5.32 Å². The number of hydrogen-bond acceptors (Lipinski definition) is 3. The van der Waals surface area contributed by atoms with Crippen LogP contribution in [0.2, 0.25) is 0 Å². The molecule has 0 aliphatic carbocycles.